The molecule has 31 heavy (non-hydrogen) atoms. The van der Waals surface area contributed by atoms with Gasteiger partial charge in [0.05, 0.1) is 13.2 Å². The van der Waals surface area contributed by atoms with Gasteiger partial charge in [-0.2, -0.15) is 0 Å². The minimum Gasteiger partial charge on any atom is -0.550 e. The maximum atomic E-state index is 12.5. The zero-order valence-corrected chi connectivity index (χ0v) is 16.9. The third-order valence-corrected chi connectivity index (χ3v) is 5.38. The van der Waals surface area contributed by atoms with E-state index in [1.54, 1.807) is 12.1 Å². The van der Waals surface area contributed by atoms with Gasteiger partial charge in [-0.05, 0) is 27.8 Å². The van der Waals surface area contributed by atoms with Crippen molar-refractivity contribution < 1.29 is 24.2 Å². The van der Waals surface area contributed by atoms with Gasteiger partial charge in [0.2, 0.25) is 5.88 Å². The van der Waals surface area contributed by atoms with Crippen LogP contribution in [0.3, 0.4) is 0 Å². The van der Waals surface area contributed by atoms with Crippen LogP contribution in [0.15, 0.2) is 66.9 Å². The summed E-state index contributed by atoms with van der Waals surface area (Å²) in [5.74, 6) is -0.989. The van der Waals surface area contributed by atoms with E-state index in [0.29, 0.717) is 11.4 Å². The third kappa shape index (κ3) is 4.35. The molecule has 1 N–H and O–H groups in total. The quantitative estimate of drug-likeness (QED) is 0.634. The van der Waals surface area contributed by atoms with Crippen LogP contribution in [-0.2, 0) is 9.53 Å². The number of pyridine rings is 1. The van der Waals surface area contributed by atoms with Gasteiger partial charge in [0.15, 0.2) is 0 Å². The Morgan fingerprint density at radius 3 is 2.23 bits per heavy atom. The van der Waals surface area contributed by atoms with Crippen LogP contribution in [0.1, 0.15) is 35.1 Å². The van der Waals surface area contributed by atoms with Gasteiger partial charge in [-0.3, -0.25) is 0 Å². The number of benzene rings is 2. The summed E-state index contributed by atoms with van der Waals surface area (Å²) >= 11 is 0. The third-order valence-electron chi connectivity index (χ3n) is 5.38. The molecule has 0 spiro atoms. The highest BCUT2D eigenvalue weighted by Crippen LogP contribution is 2.44. The first-order chi connectivity index (χ1) is 15.1. The molecule has 3 aromatic rings. The first kappa shape index (κ1) is 20.4. The molecule has 2 aromatic carbocycles. The number of rotatable bonds is 7. The number of carbonyl (C=O) groups is 2. The monoisotopic (exact) mass is 417 g/mol. The van der Waals surface area contributed by atoms with Crippen molar-refractivity contribution in [1.82, 2.24) is 10.3 Å². The number of nitrogens with one attached hydrogen (secondary N) is 1. The highest BCUT2D eigenvalue weighted by Gasteiger charge is 2.29. The number of hydrogen-bond acceptors (Lipinski definition) is 6. The SMILES string of the molecule is COc1ccc([C@@H](CC(=O)[O-])NC(=O)OCC2c3ccccc3-c3ccccc32)cn1. The van der Waals surface area contributed by atoms with E-state index in [4.69, 9.17) is 9.47 Å². The highest BCUT2D eigenvalue weighted by molar-refractivity contribution is 5.79. The summed E-state index contributed by atoms with van der Waals surface area (Å²) in [6.45, 7) is 0.138. The lowest BCUT2D eigenvalue weighted by molar-refractivity contribution is -0.306. The number of carbonyl (C=O) groups excluding carboxylic acids is 2. The number of carboxylic acid groups (broad SMARTS) is 1. The lowest BCUT2D eigenvalue weighted by atomic mass is 9.98. The fraction of sp³-hybridized carbons (Fsp3) is 0.208. The largest absolute Gasteiger partial charge is 0.550 e. The first-order valence-corrected chi connectivity index (χ1v) is 9.88. The molecule has 1 heterocycles. The Labute approximate surface area is 179 Å². The molecule has 7 nitrogen and oxygen atoms in total. The van der Waals surface area contributed by atoms with E-state index in [0.717, 1.165) is 22.3 Å². The summed E-state index contributed by atoms with van der Waals surface area (Å²) in [6, 6.07) is 18.5. The number of amides is 1. The van der Waals surface area contributed by atoms with E-state index in [1.807, 2.05) is 36.4 Å². The summed E-state index contributed by atoms with van der Waals surface area (Å²) < 4.78 is 10.5. The number of aliphatic carboxylic acids is 1. The molecule has 0 saturated heterocycles. The van der Waals surface area contributed by atoms with Crippen LogP contribution in [0.25, 0.3) is 11.1 Å². The van der Waals surface area contributed by atoms with E-state index in [-0.39, 0.29) is 12.5 Å². The van der Waals surface area contributed by atoms with Gasteiger partial charge in [-0.25, -0.2) is 9.78 Å². The number of nitrogens with zero attached hydrogens (tertiary/aromatic N) is 1. The normalized spacial score (nSPS) is 13.1. The van der Waals surface area contributed by atoms with Crippen molar-refractivity contribution in [1.29, 1.82) is 0 Å². The van der Waals surface area contributed by atoms with Gasteiger partial charge in [0.25, 0.3) is 0 Å². The number of fused-ring (bicyclic) bond motifs is 3. The van der Waals surface area contributed by atoms with Crippen molar-refractivity contribution in [2.75, 3.05) is 13.7 Å². The molecule has 1 aliphatic rings. The van der Waals surface area contributed by atoms with Crippen LogP contribution in [0.5, 0.6) is 5.88 Å². The maximum absolute atomic E-state index is 12.5. The molecule has 0 aliphatic heterocycles. The Morgan fingerprint density at radius 2 is 1.68 bits per heavy atom. The molecule has 0 saturated carbocycles. The molecule has 0 radical (unpaired) electrons. The minimum atomic E-state index is -1.29. The highest BCUT2D eigenvalue weighted by atomic mass is 16.5. The predicted molar refractivity (Wildman–Crippen MR) is 111 cm³/mol. The molecular weight excluding hydrogens is 396 g/mol. The number of ether oxygens (including phenoxy) is 2. The molecule has 158 valence electrons. The first-order valence-electron chi connectivity index (χ1n) is 9.88. The molecular formula is C24H21N2O5-. The summed E-state index contributed by atoms with van der Waals surface area (Å²) in [5.41, 5.74) is 4.97. The van der Waals surface area contributed by atoms with Crippen LogP contribution in [0.4, 0.5) is 4.79 Å². The number of methoxy groups -OCH3 is 1. The Morgan fingerprint density at radius 1 is 1.03 bits per heavy atom. The van der Waals surface area contributed by atoms with Gasteiger partial charge in [0.1, 0.15) is 6.61 Å². The van der Waals surface area contributed by atoms with Crippen LogP contribution in [0.2, 0.25) is 0 Å². The lowest BCUT2D eigenvalue weighted by Gasteiger charge is -2.20. The fourth-order valence-corrected chi connectivity index (χ4v) is 3.92. The van der Waals surface area contributed by atoms with Crippen molar-refractivity contribution in [2.45, 2.75) is 18.4 Å². The van der Waals surface area contributed by atoms with Crippen LogP contribution in [-0.4, -0.2) is 30.8 Å². The number of hydrogen-bond donors (Lipinski definition) is 1. The molecule has 0 fully saturated rings. The van der Waals surface area contributed by atoms with Gasteiger partial charge in [0, 0.05) is 30.6 Å². The average Bonchev–Trinajstić information content (AvgIpc) is 3.11. The maximum Gasteiger partial charge on any atom is 0.407 e. The summed E-state index contributed by atoms with van der Waals surface area (Å²) in [7, 11) is 1.48. The van der Waals surface area contributed by atoms with E-state index in [1.165, 1.54) is 13.3 Å². The standard InChI is InChI=1S/C24H22N2O5/c1-30-22-11-10-15(13-25-22)21(12-23(27)28)26-24(29)31-14-20-18-8-4-2-6-16(18)17-7-3-5-9-19(17)20/h2-11,13,20-21H,12,14H2,1H3,(H,26,29)(H,27,28)/p-1/t21-/m1/s1. The van der Waals surface area contributed by atoms with Crippen molar-refractivity contribution >= 4 is 12.1 Å². The Balaban J connectivity index is 1.47. The molecule has 1 atom stereocenters. The fourth-order valence-electron chi connectivity index (χ4n) is 3.92. The molecule has 0 bridgehead atoms. The van der Waals surface area contributed by atoms with Crippen molar-refractivity contribution in [2.24, 2.45) is 0 Å². The molecule has 1 amide bonds. The summed E-state index contributed by atoms with van der Waals surface area (Å²) in [4.78, 5) is 27.8. The van der Waals surface area contributed by atoms with E-state index in [2.05, 4.69) is 22.4 Å². The van der Waals surface area contributed by atoms with Gasteiger partial charge < -0.3 is 24.7 Å². The van der Waals surface area contributed by atoms with E-state index < -0.39 is 24.5 Å². The minimum absolute atomic E-state index is 0.0830. The average molecular weight is 417 g/mol. The number of carboxylic acids is 1. The predicted octanol–water partition coefficient (Wildman–Crippen LogP) is 2.81. The molecule has 7 heteroatoms. The zero-order valence-electron chi connectivity index (χ0n) is 16.9. The van der Waals surface area contributed by atoms with Crippen LogP contribution in [0, 0.1) is 0 Å². The molecule has 0 unspecified atom stereocenters. The van der Waals surface area contributed by atoms with E-state index in [9.17, 15) is 14.7 Å². The van der Waals surface area contributed by atoms with Crippen LogP contribution < -0.4 is 15.2 Å². The van der Waals surface area contributed by atoms with Crippen molar-refractivity contribution in [3.8, 4) is 17.0 Å². The molecule has 1 aliphatic carbocycles. The van der Waals surface area contributed by atoms with Crippen molar-refractivity contribution in [3.63, 3.8) is 0 Å². The van der Waals surface area contributed by atoms with Crippen molar-refractivity contribution in [3.05, 3.63) is 83.6 Å². The van der Waals surface area contributed by atoms with Gasteiger partial charge >= 0.3 is 6.09 Å². The second-order valence-corrected chi connectivity index (χ2v) is 7.23. The Kier molecular flexibility index (Phi) is 5.84. The Bertz CT molecular complexity index is 1050. The second kappa shape index (κ2) is 8.87. The van der Waals surface area contributed by atoms with E-state index >= 15 is 0 Å². The second-order valence-electron chi connectivity index (χ2n) is 7.23. The van der Waals surface area contributed by atoms with Gasteiger partial charge in [-0.1, -0.05) is 54.6 Å². The lowest BCUT2D eigenvalue weighted by Crippen LogP contribution is -2.35. The number of aromatic nitrogens is 1. The number of alkyl carbamates (subject to hydrolysis) is 1. The zero-order chi connectivity index (χ0) is 21.8. The summed E-state index contributed by atoms with van der Waals surface area (Å²) in [5, 5.41) is 13.8. The Hall–Kier alpha value is -3.87. The van der Waals surface area contributed by atoms with Crippen LogP contribution >= 0.6 is 0 Å². The topological polar surface area (TPSA) is 101 Å². The molecule has 1 aromatic heterocycles. The smallest absolute Gasteiger partial charge is 0.407 e. The van der Waals surface area contributed by atoms with Gasteiger partial charge in [-0.15, -0.1) is 0 Å². The molecule has 4 rings (SSSR count). The summed E-state index contributed by atoms with van der Waals surface area (Å²) in [6.07, 6.45) is 0.345.